The van der Waals surface area contributed by atoms with Crippen molar-refractivity contribution in [3.63, 3.8) is 0 Å². The highest BCUT2D eigenvalue weighted by Gasteiger charge is 2.41. The Balaban J connectivity index is 1.91. The molecule has 2 heterocycles. The summed E-state index contributed by atoms with van der Waals surface area (Å²) in [5, 5.41) is 2.98. The molecule has 172 valence electrons. The van der Waals surface area contributed by atoms with Crippen LogP contribution in [0, 0.1) is 11.8 Å². The number of rotatable bonds is 8. The number of likely N-dealkylation sites (tertiary alicyclic amines) is 1. The molecule has 32 heavy (non-hydrogen) atoms. The number of hydrogen-bond acceptors (Lipinski definition) is 6. The van der Waals surface area contributed by atoms with Crippen LogP contribution in [0.1, 0.15) is 31.0 Å². The van der Waals surface area contributed by atoms with Crippen LogP contribution in [0.4, 0.5) is 0 Å². The Hall–Kier alpha value is -3.29. The molecular weight excluding hydrogens is 410 g/mol. The maximum atomic E-state index is 13.2. The average Bonchev–Trinajstić information content (AvgIpc) is 3.27. The molecule has 1 aromatic heterocycles. The summed E-state index contributed by atoms with van der Waals surface area (Å²) in [5.74, 6) is 0.662. The van der Waals surface area contributed by atoms with Crippen molar-refractivity contribution >= 4 is 11.8 Å². The second-order valence-corrected chi connectivity index (χ2v) is 8.11. The molecule has 8 heteroatoms. The van der Waals surface area contributed by atoms with Gasteiger partial charge in [-0.2, -0.15) is 0 Å². The Morgan fingerprint density at radius 2 is 1.78 bits per heavy atom. The molecule has 1 aromatic carbocycles. The summed E-state index contributed by atoms with van der Waals surface area (Å²) in [6.45, 7) is 4.86. The van der Waals surface area contributed by atoms with Gasteiger partial charge in [-0.1, -0.05) is 19.9 Å². The molecule has 8 nitrogen and oxygen atoms in total. The van der Waals surface area contributed by atoms with E-state index in [4.69, 9.17) is 14.2 Å². The summed E-state index contributed by atoms with van der Waals surface area (Å²) in [6.07, 6.45) is 1.69. The first kappa shape index (κ1) is 23.4. The van der Waals surface area contributed by atoms with Gasteiger partial charge in [0.05, 0.1) is 39.5 Å². The van der Waals surface area contributed by atoms with E-state index in [9.17, 15) is 9.59 Å². The van der Waals surface area contributed by atoms with Crippen LogP contribution in [0.15, 0.2) is 36.5 Å². The number of nitrogens with zero attached hydrogens (tertiary/aromatic N) is 2. The molecule has 3 rings (SSSR count). The molecule has 0 saturated carbocycles. The van der Waals surface area contributed by atoms with Crippen molar-refractivity contribution in [2.75, 3.05) is 34.4 Å². The highest BCUT2D eigenvalue weighted by molar-refractivity contribution is 5.84. The fourth-order valence-corrected chi connectivity index (χ4v) is 4.08. The number of hydrogen-bond donors (Lipinski definition) is 1. The highest BCUT2D eigenvalue weighted by Crippen LogP contribution is 2.43. The molecule has 1 saturated heterocycles. The van der Waals surface area contributed by atoms with Crippen LogP contribution in [0.25, 0.3) is 0 Å². The standard InChI is InChI=1S/C24H31N3O5/c1-15(2)24(29)27-13-18(16-10-20(30-3)22(32-5)21(11-16)31-4)19(14-27)23(28)26-12-17-8-6-7-9-25-17/h6-11,15,18-19H,12-14H2,1-5H3,(H,26,28)/t18-,19-/m0/s1. The highest BCUT2D eigenvalue weighted by atomic mass is 16.5. The van der Waals surface area contributed by atoms with Crippen LogP contribution in [-0.4, -0.2) is 56.1 Å². The van der Waals surface area contributed by atoms with Gasteiger partial charge >= 0.3 is 0 Å². The van der Waals surface area contributed by atoms with Gasteiger partial charge in [0.2, 0.25) is 17.6 Å². The van der Waals surface area contributed by atoms with Gasteiger partial charge in [0.25, 0.3) is 0 Å². The van der Waals surface area contributed by atoms with Gasteiger partial charge in [-0.3, -0.25) is 14.6 Å². The lowest BCUT2D eigenvalue weighted by molar-refractivity contribution is -0.133. The SMILES string of the molecule is COc1cc([C@@H]2CN(C(=O)C(C)C)C[C@@H]2C(=O)NCc2ccccn2)cc(OC)c1OC. The first-order valence-electron chi connectivity index (χ1n) is 10.7. The Bertz CT molecular complexity index is 923. The largest absolute Gasteiger partial charge is 0.493 e. The quantitative estimate of drug-likeness (QED) is 0.677. The van der Waals surface area contributed by atoms with E-state index in [1.54, 1.807) is 32.4 Å². The Kier molecular flexibility index (Phi) is 7.56. The maximum Gasteiger partial charge on any atom is 0.225 e. The lowest BCUT2D eigenvalue weighted by Gasteiger charge is -2.21. The Morgan fingerprint density at radius 1 is 1.09 bits per heavy atom. The van der Waals surface area contributed by atoms with Crippen LogP contribution in [-0.2, 0) is 16.1 Å². The van der Waals surface area contributed by atoms with Crippen LogP contribution >= 0.6 is 0 Å². The number of methoxy groups -OCH3 is 3. The second-order valence-electron chi connectivity index (χ2n) is 8.11. The molecule has 0 spiro atoms. The fourth-order valence-electron chi connectivity index (χ4n) is 4.08. The molecule has 0 bridgehead atoms. The lowest BCUT2D eigenvalue weighted by Crippen LogP contribution is -2.36. The summed E-state index contributed by atoms with van der Waals surface area (Å²) >= 11 is 0. The van der Waals surface area contributed by atoms with E-state index in [0.717, 1.165) is 11.3 Å². The molecule has 0 radical (unpaired) electrons. The van der Waals surface area contributed by atoms with E-state index in [2.05, 4.69) is 10.3 Å². The van der Waals surface area contributed by atoms with Crippen molar-refractivity contribution in [3.8, 4) is 17.2 Å². The topological polar surface area (TPSA) is 90.0 Å². The van der Waals surface area contributed by atoms with E-state index in [0.29, 0.717) is 36.9 Å². The summed E-state index contributed by atoms with van der Waals surface area (Å²) in [6, 6.07) is 9.28. The van der Waals surface area contributed by atoms with Gasteiger partial charge in [0.15, 0.2) is 11.5 Å². The fraction of sp³-hybridized carbons (Fsp3) is 0.458. The molecule has 1 fully saturated rings. The van der Waals surface area contributed by atoms with E-state index in [1.165, 1.54) is 0 Å². The van der Waals surface area contributed by atoms with Crippen molar-refractivity contribution in [2.45, 2.75) is 26.3 Å². The van der Waals surface area contributed by atoms with Crippen molar-refractivity contribution in [1.82, 2.24) is 15.2 Å². The van der Waals surface area contributed by atoms with Crippen molar-refractivity contribution < 1.29 is 23.8 Å². The molecule has 2 atom stereocenters. The molecule has 1 aliphatic rings. The number of nitrogens with one attached hydrogen (secondary N) is 1. The van der Waals surface area contributed by atoms with Gasteiger partial charge < -0.3 is 24.4 Å². The van der Waals surface area contributed by atoms with Crippen molar-refractivity contribution in [3.05, 3.63) is 47.8 Å². The van der Waals surface area contributed by atoms with E-state index >= 15 is 0 Å². The van der Waals surface area contributed by atoms with Gasteiger partial charge in [0, 0.05) is 31.1 Å². The smallest absolute Gasteiger partial charge is 0.225 e. The van der Waals surface area contributed by atoms with Crippen LogP contribution in [0.3, 0.4) is 0 Å². The monoisotopic (exact) mass is 441 g/mol. The predicted octanol–water partition coefficient (Wildman–Crippen LogP) is 2.62. The molecule has 0 aliphatic carbocycles. The van der Waals surface area contributed by atoms with Gasteiger partial charge in [-0.25, -0.2) is 0 Å². The zero-order valence-corrected chi connectivity index (χ0v) is 19.3. The minimum Gasteiger partial charge on any atom is -0.493 e. The number of pyridine rings is 1. The van der Waals surface area contributed by atoms with Crippen LogP contribution < -0.4 is 19.5 Å². The first-order chi connectivity index (χ1) is 15.4. The number of amides is 2. The summed E-state index contributed by atoms with van der Waals surface area (Å²) in [5.41, 5.74) is 1.63. The lowest BCUT2D eigenvalue weighted by atomic mass is 9.88. The minimum atomic E-state index is -0.413. The minimum absolute atomic E-state index is 0.0301. The molecule has 1 aliphatic heterocycles. The van der Waals surface area contributed by atoms with Crippen molar-refractivity contribution in [1.29, 1.82) is 0 Å². The molecule has 1 N–H and O–H groups in total. The summed E-state index contributed by atoms with van der Waals surface area (Å²) in [4.78, 5) is 32.0. The second kappa shape index (κ2) is 10.3. The van der Waals surface area contributed by atoms with E-state index in [-0.39, 0.29) is 23.7 Å². The number of ether oxygens (including phenoxy) is 3. The first-order valence-corrected chi connectivity index (χ1v) is 10.7. The number of aromatic nitrogens is 1. The normalized spacial score (nSPS) is 17.9. The van der Waals surface area contributed by atoms with Gasteiger partial charge in [-0.15, -0.1) is 0 Å². The summed E-state index contributed by atoms with van der Waals surface area (Å²) in [7, 11) is 4.66. The third-order valence-electron chi connectivity index (χ3n) is 5.75. The third kappa shape index (κ3) is 4.95. The Labute approximate surface area is 188 Å². The molecule has 2 amide bonds. The zero-order valence-electron chi connectivity index (χ0n) is 19.3. The van der Waals surface area contributed by atoms with Crippen LogP contribution in [0.2, 0.25) is 0 Å². The number of benzene rings is 1. The molecule has 2 aromatic rings. The predicted molar refractivity (Wildman–Crippen MR) is 120 cm³/mol. The van der Waals surface area contributed by atoms with Gasteiger partial charge in [0.1, 0.15) is 0 Å². The molecular formula is C24H31N3O5. The molecule has 0 unspecified atom stereocenters. The van der Waals surface area contributed by atoms with E-state index in [1.807, 2.05) is 44.2 Å². The van der Waals surface area contributed by atoms with Crippen molar-refractivity contribution in [2.24, 2.45) is 11.8 Å². The number of carbonyl (C=O) groups is 2. The number of carbonyl (C=O) groups excluding carboxylic acids is 2. The maximum absolute atomic E-state index is 13.2. The summed E-state index contributed by atoms with van der Waals surface area (Å²) < 4.78 is 16.4. The van der Waals surface area contributed by atoms with Crippen LogP contribution in [0.5, 0.6) is 17.2 Å². The average molecular weight is 442 g/mol. The zero-order chi connectivity index (χ0) is 23.3. The third-order valence-corrected chi connectivity index (χ3v) is 5.75. The van der Waals surface area contributed by atoms with E-state index < -0.39 is 5.92 Å². The Morgan fingerprint density at radius 3 is 2.31 bits per heavy atom. The van der Waals surface area contributed by atoms with Gasteiger partial charge in [-0.05, 0) is 29.8 Å².